The highest BCUT2D eigenvalue weighted by Gasteiger charge is 2.13. The number of hydrogen-bond donors (Lipinski definition) is 1. The molecule has 2 aromatic heterocycles. The fourth-order valence-corrected chi connectivity index (χ4v) is 2.73. The van der Waals surface area contributed by atoms with Gasteiger partial charge in [0.1, 0.15) is 5.52 Å². The highest BCUT2D eigenvalue weighted by Crippen LogP contribution is 2.19. The molecular formula is C14H16N4S. The summed E-state index contributed by atoms with van der Waals surface area (Å²) < 4.78 is 4.73. The second-order valence-corrected chi connectivity index (χ2v) is 5.24. The number of rotatable bonds is 2. The molecule has 3 aromatic rings. The molecule has 0 bridgehead atoms. The topological polar surface area (TPSA) is 38.5 Å². The predicted molar refractivity (Wildman–Crippen MR) is 78.9 cm³/mol. The number of aromatic nitrogens is 4. The highest BCUT2D eigenvalue weighted by atomic mass is 32.1. The molecule has 0 aliphatic rings. The fourth-order valence-electron chi connectivity index (χ4n) is 2.48. The molecule has 3 rings (SSSR count). The highest BCUT2D eigenvalue weighted by molar-refractivity contribution is 7.71. The molecule has 2 heterocycles. The van der Waals surface area contributed by atoms with Crippen LogP contribution in [0.2, 0.25) is 0 Å². The van der Waals surface area contributed by atoms with Gasteiger partial charge >= 0.3 is 0 Å². The number of benzene rings is 1. The van der Waals surface area contributed by atoms with Crippen LogP contribution in [0.4, 0.5) is 0 Å². The van der Waals surface area contributed by atoms with E-state index in [2.05, 4.69) is 45.8 Å². The normalized spacial score (nSPS) is 11.3. The Bertz CT molecular complexity index is 807. The second-order valence-electron chi connectivity index (χ2n) is 4.85. The van der Waals surface area contributed by atoms with E-state index in [0.29, 0.717) is 0 Å². The van der Waals surface area contributed by atoms with Crippen LogP contribution >= 0.6 is 12.2 Å². The van der Waals surface area contributed by atoms with Gasteiger partial charge in [0.15, 0.2) is 10.4 Å². The summed E-state index contributed by atoms with van der Waals surface area (Å²) in [6.45, 7) is 4.88. The summed E-state index contributed by atoms with van der Waals surface area (Å²) >= 11 is 5.43. The molecule has 4 nitrogen and oxygen atoms in total. The molecule has 5 heteroatoms. The van der Waals surface area contributed by atoms with Crippen LogP contribution in [0.15, 0.2) is 24.3 Å². The molecular weight excluding hydrogens is 256 g/mol. The van der Waals surface area contributed by atoms with Crippen molar-refractivity contribution < 1.29 is 0 Å². The van der Waals surface area contributed by atoms with Gasteiger partial charge in [-0.2, -0.15) is 5.10 Å². The third-order valence-corrected chi connectivity index (χ3v) is 3.84. The van der Waals surface area contributed by atoms with E-state index >= 15 is 0 Å². The average molecular weight is 272 g/mol. The van der Waals surface area contributed by atoms with Crippen molar-refractivity contribution in [1.29, 1.82) is 0 Å². The zero-order chi connectivity index (χ0) is 13.6. The van der Waals surface area contributed by atoms with Crippen molar-refractivity contribution in [3.05, 3.63) is 45.9 Å². The third kappa shape index (κ3) is 1.90. The monoisotopic (exact) mass is 272 g/mol. The molecule has 0 aliphatic carbocycles. The first-order chi connectivity index (χ1) is 9.08. The summed E-state index contributed by atoms with van der Waals surface area (Å²) in [7, 11) is 1.95. The first-order valence-corrected chi connectivity index (χ1v) is 6.65. The molecule has 1 aromatic carbocycles. The lowest BCUT2D eigenvalue weighted by Crippen LogP contribution is -2.05. The van der Waals surface area contributed by atoms with Gasteiger partial charge in [0, 0.05) is 7.05 Å². The van der Waals surface area contributed by atoms with Crippen LogP contribution in [0.3, 0.4) is 0 Å². The molecule has 0 atom stereocenters. The van der Waals surface area contributed by atoms with E-state index in [1.165, 1.54) is 11.1 Å². The Balaban J connectivity index is 2.18. The molecule has 0 saturated heterocycles. The van der Waals surface area contributed by atoms with Crippen LogP contribution < -0.4 is 0 Å². The lowest BCUT2D eigenvalue weighted by molar-refractivity contribution is 0.713. The van der Waals surface area contributed by atoms with Crippen LogP contribution in [-0.2, 0) is 13.6 Å². The molecule has 0 amide bonds. The van der Waals surface area contributed by atoms with Gasteiger partial charge in [0.2, 0.25) is 0 Å². The summed E-state index contributed by atoms with van der Waals surface area (Å²) in [4.78, 5) is 3.25. The van der Waals surface area contributed by atoms with Gasteiger partial charge in [-0.15, -0.1) is 0 Å². The molecule has 0 saturated carbocycles. The molecule has 1 N–H and O–H groups in total. The minimum Gasteiger partial charge on any atom is -0.328 e. The molecule has 0 aliphatic heterocycles. The van der Waals surface area contributed by atoms with E-state index in [1.807, 2.05) is 18.7 Å². The smallest absolute Gasteiger partial charge is 0.179 e. The number of fused-ring (bicyclic) bond motifs is 1. The number of aromatic amines is 1. The second kappa shape index (κ2) is 4.35. The first-order valence-electron chi connectivity index (χ1n) is 6.24. The quantitative estimate of drug-likeness (QED) is 0.728. The summed E-state index contributed by atoms with van der Waals surface area (Å²) in [5, 5.41) is 4.43. The van der Waals surface area contributed by atoms with Crippen LogP contribution in [-0.4, -0.2) is 19.3 Å². The zero-order valence-corrected chi connectivity index (χ0v) is 12.1. The molecule has 19 heavy (non-hydrogen) atoms. The number of imidazole rings is 1. The number of nitrogens with one attached hydrogen (secondary N) is 1. The summed E-state index contributed by atoms with van der Waals surface area (Å²) in [5.74, 6) is 0. The van der Waals surface area contributed by atoms with E-state index in [1.54, 1.807) is 0 Å². The SMILES string of the molecule is Cc1ccccc1Cn1c(=S)[nH]c2c(C)nn(C)c21. The van der Waals surface area contributed by atoms with Crippen LogP contribution in [0, 0.1) is 18.6 Å². The van der Waals surface area contributed by atoms with E-state index in [-0.39, 0.29) is 0 Å². The van der Waals surface area contributed by atoms with Crippen molar-refractivity contribution in [2.45, 2.75) is 20.4 Å². The summed E-state index contributed by atoms with van der Waals surface area (Å²) in [6.07, 6.45) is 0. The maximum Gasteiger partial charge on any atom is 0.179 e. The summed E-state index contributed by atoms with van der Waals surface area (Å²) in [6, 6.07) is 8.37. The average Bonchev–Trinajstić information content (AvgIpc) is 2.82. The van der Waals surface area contributed by atoms with Gasteiger partial charge in [-0.25, -0.2) is 0 Å². The summed E-state index contributed by atoms with van der Waals surface area (Å²) in [5.41, 5.74) is 5.61. The Hall–Kier alpha value is -1.88. The van der Waals surface area contributed by atoms with E-state index in [0.717, 1.165) is 28.2 Å². The van der Waals surface area contributed by atoms with E-state index < -0.39 is 0 Å². The Morgan fingerprint density at radius 1 is 1.26 bits per heavy atom. The van der Waals surface area contributed by atoms with Gasteiger partial charge in [0.05, 0.1) is 12.2 Å². The Morgan fingerprint density at radius 3 is 2.74 bits per heavy atom. The van der Waals surface area contributed by atoms with Crippen LogP contribution in [0.1, 0.15) is 16.8 Å². The molecule has 0 spiro atoms. The lowest BCUT2D eigenvalue weighted by Gasteiger charge is -2.07. The van der Waals surface area contributed by atoms with Gasteiger partial charge in [-0.05, 0) is 37.2 Å². The Kier molecular flexibility index (Phi) is 2.78. The Labute approximate surface area is 116 Å². The lowest BCUT2D eigenvalue weighted by atomic mass is 10.1. The standard InChI is InChI=1S/C14H16N4S/c1-9-6-4-5-7-11(9)8-18-13-12(15-14(18)19)10(2)16-17(13)3/h4-7H,8H2,1-3H3,(H,15,19). The maximum atomic E-state index is 5.43. The number of hydrogen-bond acceptors (Lipinski definition) is 2. The van der Waals surface area contributed by atoms with Gasteiger partial charge < -0.3 is 4.98 Å². The van der Waals surface area contributed by atoms with Gasteiger partial charge in [0.25, 0.3) is 0 Å². The minimum absolute atomic E-state index is 0.745. The molecule has 0 fully saturated rings. The van der Waals surface area contributed by atoms with Crippen molar-refractivity contribution in [2.24, 2.45) is 7.05 Å². The largest absolute Gasteiger partial charge is 0.328 e. The van der Waals surface area contributed by atoms with E-state index in [4.69, 9.17) is 12.2 Å². The third-order valence-electron chi connectivity index (χ3n) is 3.51. The number of aryl methyl sites for hydroxylation is 3. The number of nitrogens with zero attached hydrogens (tertiary/aromatic N) is 3. The number of H-pyrrole nitrogens is 1. The zero-order valence-electron chi connectivity index (χ0n) is 11.3. The van der Waals surface area contributed by atoms with Crippen molar-refractivity contribution in [1.82, 2.24) is 19.3 Å². The first kappa shape index (κ1) is 12.2. The van der Waals surface area contributed by atoms with Crippen molar-refractivity contribution in [3.63, 3.8) is 0 Å². The fraction of sp³-hybridized carbons (Fsp3) is 0.286. The van der Waals surface area contributed by atoms with Crippen LogP contribution in [0.5, 0.6) is 0 Å². The van der Waals surface area contributed by atoms with E-state index in [9.17, 15) is 0 Å². The van der Waals surface area contributed by atoms with Crippen LogP contribution in [0.25, 0.3) is 11.2 Å². The molecule has 0 unspecified atom stereocenters. The van der Waals surface area contributed by atoms with Crippen molar-refractivity contribution in [2.75, 3.05) is 0 Å². The van der Waals surface area contributed by atoms with Gasteiger partial charge in [-0.3, -0.25) is 9.25 Å². The Morgan fingerprint density at radius 2 is 2.00 bits per heavy atom. The maximum absolute atomic E-state index is 5.43. The minimum atomic E-state index is 0.745. The molecule has 0 radical (unpaired) electrons. The predicted octanol–water partition coefficient (Wildman–Crippen LogP) is 3.10. The van der Waals surface area contributed by atoms with Gasteiger partial charge in [-0.1, -0.05) is 24.3 Å². The van der Waals surface area contributed by atoms with Crippen molar-refractivity contribution in [3.8, 4) is 0 Å². The van der Waals surface area contributed by atoms with Crippen molar-refractivity contribution >= 4 is 23.4 Å². The molecule has 98 valence electrons.